The third-order valence-electron chi connectivity index (χ3n) is 6.15. The molecule has 2 aromatic carbocycles. The molecule has 0 amide bonds. The molecule has 0 unspecified atom stereocenters. The first-order valence-corrected chi connectivity index (χ1v) is 12.0. The van der Waals surface area contributed by atoms with Gasteiger partial charge in [0, 0.05) is 12.0 Å². The van der Waals surface area contributed by atoms with Crippen LogP contribution in [0.4, 0.5) is 13.2 Å². The van der Waals surface area contributed by atoms with Crippen molar-refractivity contribution in [2.24, 2.45) is 5.92 Å². The summed E-state index contributed by atoms with van der Waals surface area (Å²) < 4.78 is 53.2. The summed E-state index contributed by atoms with van der Waals surface area (Å²) in [6.45, 7) is 4.45. The minimum Gasteiger partial charge on any atom is -0.493 e. The number of carboxylic acid groups (broad SMARTS) is 1. The highest BCUT2D eigenvalue weighted by molar-refractivity contribution is 7.09. The molecule has 1 aliphatic rings. The summed E-state index contributed by atoms with van der Waals surface area (Å²) >= 11 is 0.712. The van der Waals surface area contributed by atoms with Crippen molar-refractivity contribution >= 4 is 17.5 Å². The normalized spacial score (nSPS) is 16.1. The molecular weight excluding hydrogens is 481 g/mol. The smallest absolute Gasteiger partial charge is 0.452 e. The van der Waals surface area contributed by atoms with Crippen LogP contribution in [0.1, 0.15) is 48.2 Å². The third kappa shape index (κ3) is 5.75. The minimum absolute atomic E-state index is 0.0399. The van der Waals surface area contributed by atoms with E-state index >= 15 is 0 Å². The molecule has 0 saturated carbocycles. The first-order chi connectivity index (χ1) is 16.6. The van der Waals surface area contributed by atoms with Gasteiger partial charge < -0.3 is 14.6 Å². The number of alkyl halides is 3. The second kappa shape index (κ2) is 10.2. The number of aromatic nitrogens is 2. The molecule has 0 saturated heterocycles. The van der Waals surface area contributed by atoms with Crippen LogP contribution < -0.4 is 9.47 Å². The molecule has 3 aromatic rings. The van der Waals surface area contributed by atoms with Crippen LogP contribution in [0.25, 0.3) is 10.6 Å². The number of hydrogen-bond acceptors (Lipinski definition) is 6. The molecule has 6 nitrogen and oxygen atoms in total. The highest BCUT2D eigenvalue weighted by Gasteiger charge is 2.36. The number of aryl methyl sites for hydroxylation is 2. The molecule has 35 heavy (non-hydrogen) atoms. The second-order valence-corrected chi connectivity index (χ2v) is 9.34. The Morgan fingerprint density at radius 3 is 2.66 bits per heavy atom. The molecule has 0 spiro atoms. The maximum Gasteiger partial charge on any atom is 0.452 e. The zero-order chi connectivity index (χ0) is 25.2. The van der Waals surface area contributed by atoms with Gasteiger partial charge in [-0.1, -0.05) is 13.0 Å². The zero-order valence-corrected chi connectivity index (χ0v) is 20.1. The number of nitrogens with zero attached hydrogens (tertiary/aromatic N) is 2. The monoisotopic (exact) mass is 506 g/mol. The molecular formula is C25H25F3N2O4S. The van der Waals surface area contributed by atoms with E-state index in [0.717, 1.165) is 35.3 Å². The number of rotatable bonds is 9. The van der Waals surface area contributed by atoms with Crippen LogP contribution in [0, 0.1) is 12.8 Å². The van der Waals surface area contributed by atoms with Crippen molar-refractivity contribution in [1.82, 2.24) is 9.36 Å². The molecule has 1 heterocycles. The third-order valence-corrected chi connectivity index (χ3v) is 6.91. The summed E-state index contributed by atoms with van der Waals surface area (Å²) in [6.07, 6.45) is -2.24. The van der Waals surface area contributed by atoms with Gasteiger partial charge in [-0.3, -0.25) is 4.79 Å². The maximum absolute atomic E-state index is 12.7. The van der Waals surface area contributed by atoms with E-state index in [-0.39, 0.29) is 10.9 Å². The summed E-state index contributed by atoms with van der Waals surface area (Å²) in [7, 11) is 0. The SMILES string of the molecule is Cc1cc(-c2nc(C(F)(F)F)ns2)ccc1OCCCOc1ccc2c(c1)CC[C@H]2[C@H](C)C(=O)O. The Labute approximate surface area is 204 Å². The number of carbonyl (C=O) groups is 1. The van der Waals surface area contributed by atoms with Gasteiger partial charge in [-0.05, 0) is 84.2 Å². The van der Waals surface area contributed by atoms with E-state index in [9.17, 15) is 23.1 Å². The molecule has 0 fully saturated rings. The van der Waals surface area contributed by atoms with E-state index in [1.807, 2.05) is 25.1 Å². The van der Waals surface area contributed by atoms with Gasteiger partial charge in [-0.15, -0.1) is 0 Å². The molecule has 0 aliphatic heterocycles. The van der Waals surface area contributed by atoms with Crippen molar-refractivity contribution < 1.29 is 32.5 Å². The molecule has 10 heteroatoms. The zero-order valence-electron chi connectivity index (χ0n) is 19.3. The molecule has 0 bridgehead atoms. The number of ether oxygens (including phenoxy) is 2. The van der Waals surface area contributed by atoms with E-state index in [1.54, 1.807) is 25.1 Å². The highest BCUT2D eigenvalue weighted by Crippen LogP contribution is 2.40. The largest absolute Gasteiger partial charge is 0.493 e. The molecule has 4 rings (SSSR count). The Morgan fingerprint density at radius 1 is 1.20 bits per heavy atom. The Morgan fingerprint density at radius 2 is 1.97 bits per heavy atom. The molecule has 1 aromatic heterocycles. The first-order valence-electron chi connectivity index (χ1n) is 11.3. The average molecular weight is 507 g/mol. The fourth-order valence-electron chi connectivity index (χ4n) is 4.24. The molecule has 2 atom stereocenters. The standard InChI is InChI=1S/C25H25F3N2O4S/c1-14-12-17(22-29-24(30-35-22)25(26,27)28)5-9-21(14)34-11-3-10-33-18-6-8-20-16(13-18)4-7-19(20)15(2)23(31)32/h5-6,8-9,12-13,15,19H,3-4,7,10-11H2,1-2H3,(H,31,32)/t15-,19-/m0/s1. The van der Waals surface area contributed by atoms with Crippen LogP contribution in [0.3, 0.4) is 0 Å². The maximum atomic E-state index is 12.7. The van der Waals surface area contributed by atoms with Gasteiger partial charge in [-0.2, -0.15) is 17.5 Å². The van der Waals surface area contributed by atoms with Crippen LogP contribution in [-0.4, -0.2) is 33.6 Å². The number of fused-ring (bicyclic) bond motifs is 1. The van der Waals surface area contributed by atoms with Crippen molar-refractivity contribution in [3.05, 3.63) is 58.9 Å². The van der Waals surface area contributed by atoms with Gasteiger partial charge in [-0.25, -0.2) is 4.98 Å². The van der Waals surface area contributed by atoms with E-state index in [0.29, 0.717) is 42.5 Å². The second-order valence-electron chi connectivity index (χ2n) is 8.58. The fourth-order valence-corrected chi connectivity index (χ4v) is 4.92. The number of aliphatic carboxylic acids is 1. The molecule has 186 valence electrons. The van der Waals surface area contributed by atoms with E-state index in [2.05, 4.69) is 9.36 Å². The number of benzene rings is 2. The van der Waals surface area contributed by atoms with Crippen LogP contribution >= 0.6 is 11.5 Å². The predicted octanol–water partition coefficient (Wildman–Crippen LogP) is 6.13. The Bertz CT molecular complexity index is 1210. The van der Waals surface area contributed by atoms with Gasteiger partial charge in [0.05, 0.1) is 19.1 Å². The Balaban J connectivity index is 1.26. The lowest BCUT2D eigenvalue weighted by atomic mass is 9.89. The number of carboxylic acids is 1. The van der Waals surface area contributed by atoms with Gasteiger partial charge >= 0.3 is 12.1 Å². The number of hydrogen-bond donors (Lipinski definition) is 1. The van der Waals surface area contributed by atoms with Crippen molar-refractivity contribution in [3.63, 3.8) is 0 Å². The predicted molar refractivity (Wildman–Crippen MR) is 125 cm³/mol. The van der Waals surface area contributed by atoms with Crippen LogP contribution in [0.5, 0.6) is 11.5 Å². The minimum atomic E-state index is -4.56. The lowest BCUT2D eigenvalue weighted by molar-refractivity contribution is -0.144. The summed E-state index contributed by atoms with van der Waals surface area (Å²) in [6, 6.07) is 11.0. The lowest BCUT2D eigenvalue weighted by Crippen LogP contribution is -2.17. The van der Waals surface area contributed by atoms with Gasteiger partial charge in [0.25, 0.3) is 0 Å². The summed E-state index contributed by atoms with van der Waals surface area (Å²) in [5.74, 6) is -0.877. The van der Waals surface area contributed by atoms with Crippen LogP contribution in [-0.2, 0) is 17.4 Å². The Hall–Kier alpha value is -3.14. The van der Waals surface area contributed by atoms with Crippen molar-refractivity contribution in [2.45, 2.75) is 45.2 Å². The topological polar surface area (TPSA) is 81.5 Å². The van der Waals surface area contributed by atoms with Crippen molar-refractivity contribution in [3.8, 4) is 22.1 Å². The Kier molecular flexibility index (Phi) is 7.30. The summed E-state index contributed by atoms with van der Waals surface area (Å²) in [4.78, 5) is 14.9. The van der Waals surface area contributed by atoms with Gasteiger partial charge in [0.2, 0.25) is 5.82 Å². The molecule has 1 N–H and O–H groups in total. The summed E-state index contributed by atoms with van der Waals surface area (Å²) in [5, 5.41) is 9.51. The fraction of sp³-hybridized carbons (Fsp3) is 0.400. The van der Waals surface area contributed by atoms with Gasteiger partial charge in [0.1, 0.15) is 16.5 Å². The van der Waals surface area contributed by atoms with E-state index in [1.165, 1.54) is 0 Å². The van der Waals surface area contributed by atoms with E-state index in [4.69, 9.17) is 9.47 Å². The number of halogens is 3. The highest BCUT2D eigenvalue weighted by atomic mass is 32.1. The van der Waals surface area contributed by atoms with Crippen LogP contribution in [0.15, 0.2) is 36.4 Å². The van der Waals surface area contributed by atoms with Crippen molar-refractivity contribution in [1.29, 1.82) is 0 Å². The summed E-state index contributed by atoms with van der Waals surface area (Å²) in [5.41, 5.74) is 3.58. The van der Waals surface area contributed by atoms with Crippen molar-refractivity contribution in [2.75, 3.05) is 13.2 Å². The van der Waals surface area contributed by atoms with Crippen LogP contribution in [0.2, 0.25) is 0 Å². The average Bonchev–Trinajstić information content (AvgIpc) is 3.46. The quantitative estimate of drug-likeness (QED) is 0.352. The lowest BCUT2D eigenvalue weighted by Gasteiger charge is -2.16. The molecule has 0 radical (unpaired) electrons. The first kappa shape index (κ1) is 25.0. The van der Waals surface area contributed by atoms with Gasteiger partial charge in [0.15, 0.2) is 0 Å². The molecule has 1 aliphatic carbocycles. The van der Waals surface area contributed by atoms with E-state index < -0.39 is 23.9 Å².